The molecule has 0 spiro atoms. The van der Waals surface area contributed by atoms with Gasteiger partial charge in [-0.3, -0.25) is 0 Å². The van der Waals surface area contributed by atoms with Gasteiger partial charge >= 0.3 is 5.97 Å². The van der Waals surface area contributed by atoms with Crippen LogP contribution in [-0.4, -0.2) is 50.6 Å². The molecule has 0 unspecified atom stereocenters. The third-order valence-electron chi connectivity index (χ3n) is 2.74. The molecule has 0 fully saturated rings. The van der Waals surface area contributed by atoms with E-state index in [4.69, 9.17) is 9.84 Å². The van der Waals surface area contributed by atoms with Crippen LogP contribution in [0.2, 0.25) is 0 Å². The van der Waals surface area contributed by atoms with Crippen molar-refractivity contribution in [3.8, 4) is 0 Å². The Bertz CT molecular complexity index is 610. The maximum absolute atomic E-state index is 12.3. The molecule has 116 valence electrons. The molecule has 0 aliphatic heterocycles. The van der Waals surface area contributed by atoms with Gasteiger partial charge in [0.05, 0.1) is 11.5 Å². The van der Waals surface area contributed by atoms with Crippen molar-refractivity contribution in [1.82, 2.24) is 4.31 Å². The Hall–Kier alpha value is -1.70. The van der Waals surface area contributed by atoms with Crippen LogP contribution in [0.25, 0.3) is 6.08 Å². The molecule has 1 aromatic rings. The third kappa shape index (κ3) is 5.30. The summed E-state index contributed by atoms with van der Waals surface area (Å²) in [6.07, 6.45) is 2.31. The van der Waals surface area contributed by atoms with Crippen molar-refractivity contribution in [2.75, 3.05) is 26.8 Å². The molecule has 1 aromatic carbocycles. The summed E-state index contributed by atoms with van der Waals surface area (Å²) in [6.45, 7) is 2.95. The molecule has 0 aliphatic carbocycles. The van der Waals surface area contributed by atoms with Crippen LogP contribution >= 0.6 is 0 Å². The number of carboxylic acid groups (broad SMARTS) is 1. The van der Waals surface area contributed by atoms with Gasteiger partial charge < -0.3 is 9.84 Å². The lowest BCUT2D eigenvalue weighted by Crippen LogP contribution is -2.30. The monoisotopic (exact) mass is 313 g/mol. The summed E-state index contributed by atoms with van der Waals surface area (Å²) in [5.41, 5.74) is 0.511. The smallest absolute Gasteiger partial charge is 0.328 e. The molecule has 6 nitrogen and oxygen atoms in total. The first-order valence-corrected chi connectivity index (χ1v) is 7.87. The maximum atomic E-state index is 12.3. The number of rotatable bonds is 8. The molecule has 0 bridgehead atoms. The standard InChI is InChI=1S/C14H19NO5S/c1-3-20-10-9-15(2)21(18,19)13-6-4-5-12(11-13)7-8-14(16)17/h4-8,11H,3,9-10H2,1-2H3,(H,16,17)/b8-7+. The molecular weight excluding hydrogens is 294 g/mol. The minimum Gasteiger partial charge on any atom is -0.478 e. The second-order valence-electron chi connectivity index (χ2n) is 4.27. The fourth-order valence-corrected chi connectivity index (χ4v) is 2.79. The highest BCUT2D eigenvalue weighted by atomic mass is 32.2. The Kier molecular flexibility index (Phi) is 6.54. The van der Waals surface area contributed by atoms with Crippen molar-refractivity contribution in [3.63, 3.8) is 0 Å². The topological polar surface area (TPSA) is 83.9 Å². The number of carboxylic acids is 1. The highest BCUT2D eigenvalue weighted by Gasteiger charge is 2.20. The number of aliphatic carboxylic acids is 1. The molecule has 0 radical (unpaired) electrons. The quantitative estimate of drug-likeness (QED) is 0.580. The van der Waals surface area contributed by atoms with Crippen molar-refractivity contribution in [2.45, 2.75) is 11.8 Å². The molecule has 1 N–H and O–H groups in total. The van der Waals surface area contributed by atoms with Crippen LogP contribution in [0, 0.1) is 0 Å². The number of sulfonamides is 1. The first kappa shape index (κ1) is 17.4. The van der Waals surface area contributed by atoms with E-state index in [2.05, 4.69) is 0 Å². The highest BCUT2D eigenvalue weighted by Crippen LogP contribution is 2.16. The predicted molar refractivity (Wildman–Crippen MR) is 79.4 cm³/mol. The van der Waals surface area contributed by atoms with E-state index in [1.165, 1.54) is 29.6 Å². The van der Waals surface area contributed by atoms with Crippen molar-refractivity contribution < 1.29 is 23.1 Å². The fraction of sp³-hybridized carbons (Fsp3) is 0.357. The molecule has 0 amide bonds. The van der Waals surface area contributed by atoms with E-state index in [-0.39, 0.29) is 11.4 Å². The van der Waals surface area contributed by atoms with Crippen LogP contribution in [0.15, 0.2) is 35.2 Å². The summed E-state index contributed by atoms with van der Waals surface area (Å²) in [5.74, 6) is -1.09. The molecule has 0 aromatic heterocycles. The Balaban J connectivity index is 2.92. The SMILES string of the molecule is CCOCCN(C)S(=O)(=O)c1cccc(/C=C/C(=O)O)c1. The molecule has 0 aliphatic rings. The Morgan fingerprint density at radius 2 is 2.14 bits per heavy atom. The summed E-state index contributed by atoms with van der Waals surface area (Å²) >= 11 is 0. The lowest BCUT2D eigenvalue weighted by molar-refractivity contribution is -0.131. The predicted octanol–water partition coefficient (Wildman–Crippen LogP) is 1.44. The fourth-order valence-electron chi connectivity index (χ4n) is 1.58. The summed E-state index contributed by atoms with van der Waals surface area (Å²) in [4.78, 5) is 10.6. The van der Waals surface area contributed by atoms with E-state index in [0.29, 0.717) is 18.8 Å². The van der Waals surface area contributed by atoms with E-state index in [0.717, 1.165) is 6.08 Å². The lowest BCUT2D eigenvalue weighted by atomic mass is 10.2. The Morgan fingerprint density at radius 3 is 2.76 bits per heavy atom. The Labute approximate surface area is 124 Å². The molecule has 0 saturated carbocycles. The van der Waals surface area contributed by atoms with Crippen molar-refractivity contribution >= 4 is 22.1 Å². The molecule has 21 heavy (non-hydrogen) atoms. The first-order valence-electron chi connectivity index (χ1n) is 6.43. The molecule has 0 atom stereocenters. The summed E-state index contributed by atoms with van der Waals surface area (Å²) in [5, 5.41) is 8.59. The van der Waals surface area contributed by atoms with Gasteiger partial charge in [-0.2, -0.15) is 4.31 Å². The average molecular weight is 313 g/mol. The van der Waals surface area contributed by atoms with Gasteiger partial charge in [-0.25, -0.2) is 13.2 Å². The van der Waals surface area contributed by atoms with Crippen molar-refractivity contribution in [1.29, 1.82) is 0 Å². The number of hydrogen-bond donors (Lipinski definition) is 1. The van der Waals surface area contributed by atoms with Crippen molar-refractivity contribution in [2.24, 2.45) is 0 Å². The second-order valence-corrected chi connectivity index (χ2v) is 6.31. The van der Waals surface area contributed by atoms with Gasteiger partial charge in [0.2, 0.25) is 10.0 Å². The zero-order chi connectivity index (χ0) is 15.9. The number of likely N-dealkylation sites (N-methyl/N-ethyl adjacent to an activating group) is 1. The molecule has 1 rings (SSSR count). The number of carbonyl (C=O) groups is 1. The van der Waals surface area contributed by atoms with Crippen LogP contribution in [0.3, 0.4) is 0 Å². The van der Waals surface area contributed by atoms with Gasteiger partial charge in [0.15, 0.2) is 0 Å². The summed E-state index contributed by atoms with van der Waals surface area (Å²) in [6, 6.07) is 6.13. The van der Waals surface area contributed by atoms with Gasteiger partial charge in [-0.15, -0.1) is 0 Å². The normalized spacial score (nSPS) is 12.1. The molecule has 0 heterocycles. The minimum absolute atomic E-state index is 0.119. The van der Waals surface area contributed by atoms with Gasteiger partial charge in [0, 0.05) is 26.3 Å². The second kappa shape index (κ2) is 7.92. The zero-order valence-corrected chi connectivity index (χ0v) is 12.8. The third-order valence-corrected chi connectivity index (χ3v) is 4.59. The molecule has 7 heteroatoms. The molecular formula is C14H19NO5S. The van der Waals surface area contributed by atoms with Crippen LogP contribution in [0.1, 0.15) is 12.5 Å². The van der Waals surface area contributed by atoms with E-state index in [9.17, 15) is 13.2 Å². The van der Waals surface area contributed by atoms with Crippen LogP contribution in [0.5, 0.6) is 0 Å². The van der Waals surface area contributed by atoms with E-state index >= 15 is 0 Å². The highest BCUT2D eigenvalue weighted by molar-refractivity contribution is 7.89. The minimum atomic E-state index is -3.61. The van der Waals surface area contributed by atoms with Crippen LogP contribution in [-0.2, 0) is 19.6 Å². The largest absolute Gasteiger partial charge is 0.478 e. The van der Waals surface area contributed by atoms with E-state index in [1.807, 2.05) is 6.92 Å². The van der Waals surface area contributed by atoms with E-state index in [1.54, 1.807) is 12.1 Å². The van der Waals surface area contributed by atoms with Gasteiger partial charge in [0.25, 0.3) is 0 Å². The van der Waals surface area contributed by atoms with Gasteiger partial charge in [-0.05, 0) is 30.7 Å². The molecule has 0 saturated heterocycles. The summed E-state index contributed by atoms with van der Waals surface area (Å²) < 4.78 is 31.0. The van der Waals surface area contributed by atoms with E-state index < -0.39 is 16.0 Å². The number of nitrogens with zero attached hydrogens (tertiary/aromatic N) is 1. The van der Waals surface area contributed by atoms with Crippen LogP contribution < -0.4 is 0 Å². The van der Waals surface area contributed by atoms with Gasteiger partial charge in [-0.1, -0.05) is 12.1 Å². The van der Waals surface area contributed by atoms with Gasteiger partial charge in [0.1, 0.15) is 0 Å². The average Bonchev–Trinajstić information content (AvgIpc) is 2.45. The lowest BCUT2D eigenvalue weighted by Gasteiger charge is -2.17. The maximum Gasteiger partial charge on any atom is 0.328 e. The number of ether oxygens (including phenoxy) is 1. The Morgan fingerprint density at radius 1 is 1.43 bits per heavy atom. The van der Waals surface area contributed by atoms with Crippen molar-refractivity contribution in [3.05, 3.63) is 35.9 Å². The number of hydrogen-bond acceptors (Lipinski definition) is 4. The zero-order valence-electron chi connectivity index (χ0n) is 12.0. The van der Waals surface area contributed by atoms with Crippen LogP contribution in [0.4, 0.5) is 0 Å². The first-order chi connectivity index (χ1) is 9.87. The number of benzene rings is 1. The summed E-state index contributed by atoms with van der Waals surface area (Å²) in [7, 11) is -2.13.